The lowest BCUT2D eigenvalue weighted by atomic mass is 10.1. The number of rotatable bonds is 4. The Labute approximate surface area is 95.9 Å². The van der Waals surface area contributed by atoms with Crippen molar-refractivity contribution >= 4 is 0 Å². The summed E-state index contributed by atoms with van der Waals surface area (Å²) in [5.74, 6) is -0.0983. The Hall–Kier alpha value is -1.35. The van der Waals surface area contributed by atoms with Gasteiger partial charge in [0.25, 0.3) is 0 Å². The number of benzene rings is 1. The number of ether oxygens (including phenoxy) is 1. The van der Waals surface area contributed by atoms with Crippen LogP contribution in [0.1, 0.15) is 32.4 Å². The molecule has 0 bridgehead atoms. The van der Waals surface area contributed by atoms with Crippen LogP contribution in [0.3, 0.4) is 0 Å². The average Bonchev–Trinajstić information content (AvgIpc) is 2.19. The minimum Gasteiger partial charge on any atom is -0.486 e. The van der Waals surface area contributed by atoms with Crippen molar-refractivity contribution in [2.45, 2.75) is 26.8 Å². The van der Waals surface area contributed by atoms with Crippen LogP contribution >= 0.6 is 0 Å². The fraction of sp³-hybridized carbons (Fsp3) is 0.385. The van der Waals surface area contributed by atoms with Crippen molar-refractivity contribution in [3.05, 3.63) is 41.2 Å². The van der Waals surface area contributed by atoms with Crippen molar-refractivity contribution < 1.29 is 9.13 Å². The zero-order chi connectivity index (χ0) is 12.1. The second-order valence-corrected chi connectivity index (χ2v) is 4.07. The van der Waals surface area contributed by atoms with Gasteiger partial charge in [-0.15, -0.1) is 0 Å². The highest BCUT2D eigenvalue weighted by atomic mass is 19.1. The summed E-state index contributed by atoms with van der Waals surface area (Å²) in [5.41, 5.74) is 7.57. The fourth-order valence-electron chi connectivity index (χ4n) is 1.22. The van der Waals surface area contributed by atoms with Gasteiger partial charge in [0.2, 0.25) is 0 Å². The molecule has 0 amide bonds. The van der Waals surface area contributed by atoms with Crippen molar-refractivity contribution in [3.63, 3.8) is 0 Å². The van der Waals surface area contributed by atoms with Crippen molar-refractivity contribution in [3.8, 4) is 5.75 Å². The van der Waals surface area contributed by atoms with Crippen LogP contribution in [0.4, 0.5) is 4.39 Å². The maximum absolute atomic E-state index is 13.5. The summed E-state index contributed by atoms with van der Waals surface area (Å²) in [5, 5.41) is 0. The van der Waals surface area contributed by atoms with Gasteiger partial charge >= 0.3 is 0 Å². The molecule has 0 radical (unpaired) electrons. The Balaban J connectivity index is 2.72. The molecule has 0 aliphatic rings. The van der Waals surface area contributed by atoms with E-state index in [9.17, 15) is 4.39 Å². The van der Waals surface area contributed by atoms with Crippen molar-refractivity contribution in [2.75, 3.05) is 6.61 Å². The smallest absolute Gasteiger partial charge is 0.165 e. The molecule has 0 saturated carbocycles. The molecule has 0 aromatic heterocycles. The second-order valence-electron chi connectivity index (χ2n) is 4.07. The van der Waals surface area contributed by atoms with Crippen molar-refractivity contribution in [1.82, 2.24) is 0 Å². The summed E-state index contributed by atoms with van der Waals surface area (Å²) in [6.07, 6.45) is 1.90. The third-order valence-corrected chi connectivity index (χ3v) is 2.21. The first-order valence-electron chi connectivity index (χ1n) is 5.32. The average molecular weight is 223 g/mol. The first-order chi connectivity index (χ1) is 7.50. The fourth-order valence-corrected chi connectivity index (χ4v) is 1.22. The predicted octanol–water partition coefficient (Wildman–Crippen LogP) is 3.19. The Morgan fingerprint density at radius 3 is 2.69 bits per heavy atom. The Bertz CT molecular complexity index is 382. The van der Waals surface area contributed by atoms with E-state index in [1.165, 1.54) is 6.07 Å². The van der Waals surface area contributed by atoms with Gasteiger partial charge < -0.3 is 10.5 Å². The van der Waals surface area contributed by atoms with Gasteiger partial charge in [-0.25, -0.2) is 4.39 Å². The lowest BCUT2D eigenvalue weighted by molar-refractivity contribution is 0.340. The second kappa shape index (κ2) is 5.66. The van der Waals surface area contributed by atoms with E-state index in [2.05, 4.69) is 0 Å². The van der Waals surface area contributed by atoms with Gasteiger partial charge in [-0.1, -0.05) is 11.6 Å². The summed E-state index contributed by atoms with van der Waals surface area (Å²) >= 11 is 0. The summed E-state index contributed by atoms with van der Waals surface area (Å²) in [4.78, 5) is 0. The SMILES string of the molecule is CC(C)=CCOc1ccc([C@@H](C)N)cc1F. The van der Waals surface area contributed by atoms with Crippen LogP contribution in [0.5, 0.6) is 5.75 Å². The molecule has 2 nitrogen and oxygen atoms in total. The molecule has 0 heterocycles. The highest BCUT2D eigenvalue weighted by Gasteiger charge is 2.06. The van der Waals surface area contributed by atoms with E-state index in [-0.39, 0.29) is 17.6 Å². The highest BCUT2D eigenvalue weighted by molar-refractivity contribution is 5.30. The van der Waals surface area contributed by atoms with Gasteiger partial charge in [-0.2, -0.15) is 0 Å². The minimum absolute atomic E-state index is 0.165. The Morgan fingerprint density at radius 2 is 2.19 bits per heavy atom. The molecule has 1 aromatic carbocycles. The number of hydrogen-bond acceptors (Lipinski definition) is 2. The normalized spacial score (nSPS) is 12.1. The van der Waals surface area contributed by atoms with Crippen LogP contribution in [0.2, 0.25) is 0 Å². The monoisotopic (exact) mass is 223 g/mol. The Morgan fingerprint density at radius 1 is 1.50 bits per heavy atom. The summed E-state index contributed by atoms with van der Waals surface area (Å²) < 4.78 is 18.8. The van der Waals surface area contributed by atoms with E-state index in [1.54, 1.807) is 12.1 Å². The molecule has 1 rings (SSSR count). The molecule has 0 aliphatic heterocycles. The quantitative estimate of drug-likeness (QED) is 0.795. The molecule has 0 unspecified atom stereocenters. The lowest BCUT2D eigenvalue weighted by Crippen LogP contribution is -2.06. The third-order valence-electron chi connectivity index (χ3n) is 2.21. The van der Waals surface area contributed by atoms with Gasteiger partial charge in [0, 0.05) is 6.04 Å². The van der Waals surface area contributed by atoms with Gasteiger partial charge in [-0.05, 0) is 44.5 Å². The molecule has 2 N–H and O–H groups in total. The highest BCUT2D eigenvalue weighted by Crippen LogP contribution is 2.21. The molecule has 0 saturated heterocycles. The minimum atomic E-state index is -0.364. The summed E-state index contributed by atoms with van der Waals surface area (Å²) in [6.45, 7) is 6.15. The third kappa shape index (κ3) is 3.66. The molecule has 1 atom stereocenters. The summed E-state index contributed by atoms with van der Waals surface area (Å²) in [6, 6.07) is 4.65. The van der Waals surface area contributed by atoms with E-state index < -0.39 is 0 Å². The van der Waals surface area contributed by atoms with Crippen LogP contribution < -0.4 is 10.5 Å². The van der Waals surface area contributed by atoms with Gasteiger partial charge in [0.1, 0.15) is 6.61 Å². The topological polar surface area (TPSA) is 35.2 Å². The van der Waals surface area contributed by atoms with Gasteiger partial charge in [-0.3, -0.25) is 0 Å². The van der Waals surface area contributed by atoms with Gasteiger partial charge in [0.15, 0.2) is 11.6 Å². The zero-order valence-corrected chi connectivity index (χ0v) is 9.96. The molecule has 0 spiro atoms. The van der Waals surface area contributed by atoms with Crippen molar-refractivity contribution in [1.29, 1.82) is 0 Å². The molecule has 16 heavy (non-hydrogen) atoms. The summed E-state index contributed by atoms with van der Waals surface area (Å²) in [7, 11) is 0. The molecule has 0 fully saturated rings. The van der Waals surface area contributed by atoms with Crippen molar-refractivity contribution in [2.24, 2.45) is 5.73 Å². The van der Waals surface area contributed by atoms with Crippen LogP contribution in [-0.4, -0.2) is 6.61 Å². The van der Waals surface area contributed by atoms with E-state index >= 15 is 0 Å². The first kappa shape index (κ1) is 12.7. The number of halogens is 1. The van der Waals surface area contributed by atoms with E-state index in [0.717, 1.165) is 11.1 Å². The lowest BCUT2D eigenvalue weighted by Gasteiger charge is -2.09. The maximum Gasteiger partial charge on any atom is 0.165 e. The van der Waals surface area contributed by atoms with Crippen LogP contribution in [-0.2, 0) is 0 Å². The van der Waals surface area contributed by atoms with E-state index in [1.807, 2.05) is 26.8 Å². The molecular formula is C13H18FNO. The number of nitrogens with two attached hydrogens (primary N) is 1. The van der Waals surface area contributed by atoms with Crippen LogP contribution in [0.15, 0.2) is 29.8 Å². The van der Waals surface area contributed by atoms with Crippen LogP contribution in [0, 0.1) is 5.82 Å². The maximum atomic E-state index is 13.5. The molecular weight excluding hydrogens is 205 g/mol. The number of hydrogen-bond donors (Lipinski definition) is 1. The number of allylic oxidation sites excluding steroid dienone is 1. The van der Waals surface area contributed by atoms with E-state index in [0.29, 0.717) is 6.61 Å². The van der Waals surface area contributed by atoms with Crippen LogP contribution in [0.25, 0.3) is 0 Å². The molecule has 88 valence electrons. The predicted molar refractivity (Wildman–Crippen MR) is 63.9 cm³/mol. The first-order valence-corrected chi connectivity index (χ1v) is 5.32. The van der Waals surface area contributed by atoms with Gasteiger partial charge in [0.05, 0.1) is 0 Å². The largest absolute Gasteiger partial charge is 0.486 e. The Kier molecular flexibility index (Phi) is 4.50. The molecule has 1 aromatic rings. The molecule has 0 aliphatic carbocycles. The zero-order valence-electron chi connectivity index (χ0n) is 9.96. The van der Waals surface area contributed by atoms with E-state index in [4.69, 9.17) is 10.5 Å². The molecule has 3 heteroatoms. The standard InChI is InChI=1S/C13H18FNO/c1-9(2)6-7-16-13-5-4-11(10(3)15)8-12(13)14/h4-6,8,10H,7,15H2,1-3H3/t10-/m1/s1.